The van der Waals surface area contributed by atoms with Crippen LogP contribution in [-0.4, -0.2) is 42.6 Å². The molecule has 2 amide bonds. The zero-order valence-electron chi connectivity index (χ0n) is 12.3. The molecule has 0 radical (unpaired) electrons. The second-order valence-corrected chi connectivity index (χ2v) is 5.95. The Bertz CT molecular complexity index is 612. The number of hydrogen-bond acceptors (Lipinski definition) is 4. The average Bonchev–Trinajstić information content (AvgIpc) is 2.50. The number of rotatable bonds is 2. The van der Waals surface area contributed by atoms with Crippen molar-refractivity contribution in [3.63, 3.8) is 0 Å². The molecule has 0 aliphatic carbocycles. The van der Waals surface area contributed by atoms with Crippen molar-refractivity contribution in [3.05, 3.63) is 22.7 Å². The lowest BCUT2D eigenvalue weighted by molar-refractivity contribution is -0.129. The van der Waals surface area contributed by atoms with Gasteiger partial charge in [-0.1, -0.05) is 11.6 Å². The standard InChI is InChI=1S/C15H18ClN3O3/c1-9(20)19-4-2-10(3-5-19)18-13-7-14-11(6-12(13)16)15(21)17-8-22-14/h6-7,10,18H,2-5,8H2,1H3,(H,17,21). The van der Waals surface area contributed by atoms with Crippen LogP contribution in [0.15, 0.2) is 12.1 Å². The number of nitrogens with zero attached hydrogens (tertiary/aromatic N) is 1. The number of halogens is 1. The number of likely N-dealkylation sites (tertiary alicyclic amines) is 1. The van der Waals surface area contributed by atoms with E-state index in [0.717, 1.165) is 31.6 Å². The lowest BCUT2D eigenvalue weighted by Crippen LogP contribution is -2.41. The molecule has 1 fully saturated rings. The van der Waals surface area contributed by atoms with E-state index >= 15 is 0 Å². The first kappa shape index (κ1) is 15.0. The van der Waals surface area contributed by atoms with Gasteiger partial charge in [-0.2, -0.15) is 0 Å². The molecule has 0 atom stereocenters. The summed E-state index contributed by atoms with van der Waals surface area (Å²) in [6, 6.07) is 3.65. The molecule has 3 rings (SSSR count). The van der Waals surface area contributed by atoms with Crippen molar-refractivity contribution >= 4 is 29.1 Å². The second-order valence-electron chi connectivity index (χ2n) is 5.55. The van der Waals surface area contributed by atoms with Gasteiger partial charge in [0.2, 0.25) is 5.91 Å². The smallest absolute Gasteiger partial charge is 0.257 e. The maximum atomic E-state index is 11.7. The van der Waals surface area contributed by atoms with Crippen molar-refractivity contribution in [2.45, 2.75) is 25.8 Å². The Labute approximate surface area is 133 Å². The van der Waals surface area contributed by atoms with Gasteiger partial charge < -0.3 is 20.3 Å². The predicted octanol–water partition coefficient (Wildman–Crippen LogP) is 1.84. The summed E-state index contributed by atoms with van der Waals surface area (Å²) in [7, 11) is 0. The molecule has 1 saturated heterocycles. The first-order valence-corrected chi connectivity index (χ1v) is 7.69. The van der Waals surface area contributed by atoms with Crippen LogP contribution in [-0.2, 0) is 4.79 Å². The number of hydrogen-bond donors (Lipinski definition) is 2. The molecule has 0 saturated carbocycles. The van der Waals surface area contributed by atoms with Crippen LogP contribution in [0, 0.1) is 0 Å². The van der Waals surface area contributed by atoms with Gasteiger partial charge in [0, 0.05) is 32.1 Å². The summed E-state index contributed by atoms with van der Waals surface area (Å²) in [5.74, 6) is 0.478. The van der Waals surface area contributed by atoms with Gasteiger partial charge >= 0.3 is 0 Å². The zero-order valence-corrected chi connectivity index (χ0v) is 13.1. The van der Waals surface area contributed by atoms with Crippen LogP contribution < -0.4 is 15.4 Å². The molecule has 0 spiro atoms. The number of amides is 2. The van der Waals surface area contributed by atoms with Gasteiger partial charge in [0.15, 0.2) is 6.73 Å². The third-order valence-electron chi connectivity index (χ3n) is 4.07. The number of nitrogens with one attached hydrogen (secondary N) is 2. The largest absolute Gasteiger partial charge is 0.472 e. The Morgan fingerprint density at radius 2 is 2.14 bits per heavy atom. The molecule has 0 unspecified atom stereocenters. The van der Waals surface area contributed by atoms with E-state index in [1.807, 2.05) is 4.90 Å². The Hall–Kier alpha value is -1.95. The molecule has 1 aromatic rings. The second kappa shape index (κ2) is 6.04. The fraction of sp³-hybridized carbons (Fsp3) is 0.467. The third-order valence-corrected chi connectivity index (χ3v) is 4.39. The number of piperidine rings is 1. The quantitative estimate of drug-likeness (QED) is 0.871. The van der Waals surface area contributed by atoms with Crippen LogP contribution in [0.25, 0.3) is 0 Å². The summed E-state index contributed by atoms with van der Waals surface area (Å²) < 4.78 is 5.44. The molecule has 6 nitrogen and oxygen atoms in total. The van der Waals surface area contributed by atoms with E-state index in [4.69, 9.17) is 16.3 Å². The lowest BCUT2D eigenvalue weighted by Gasteiger charge is -2.32. The molecule has 0 bridgehead atoms. The minimum Gasteiger partial charge on any atom is -0.472 e. The van der Waals surface area contributed by atoms with Crippen LogP contribution in [0.1, 0.15) is 30.1 Å². The third kappa shape index (κ3) is 2.97. The van der Waals surface area contributed by atoms with Crippen molar-refractivity contribution in [3.8, 4) is 5.75 Å². The minimum atomic E-state index is -0.176. The summed E-state index contributed by atoms with van der Waals surface area (Å²) in [6.45, 7) is 3.25. The monoisotopic (exact) mass is 323 g/mol. The Morgan fingerprint density at radius 3 is 2.82 bits per heavy atom. The lowest BCUT2D eigenvalue weighted by atomic mass is 10.0. The maximum Gasteiger partial charge on any atom is 0.257 e. The number of ether oxygens (including phenoxy) is 1. The SMILES string of the molecule is CC(=O)N1CCC(Nc2cc3c(cc2Cl)C(=O)NCO3)CC1. The molecule has 2 aliphatic rings. The highest BCUT2D eigenvalue weighted by Gasteiger charge is 2.24. The summed E-state index contributed by atoms with van der Waals surface area (Å²) in [6.07, 6.45) is 1.74. The van der Waals surface area contributed by atoms with E-state index in [9.17, 15) is 9.59 Å². The van der Waals surface area contributed by atoms with Gasteiger partial charge in [0.1, 0.15) is 5.75 Å². The molecule has 2 N–H and O–H groups in total. The fourth-order valence-electron chi connectivity index (χ4n) is 2.79. The molecule has 2 heterocycles. The van der Waals surface area contributed by atoms with E-state index in [2.05, 4.69) is 10.6 Å². The van der Waals surface area contributed by atoms with Crippen molar-refractivity contribution in [1.82, 2.24) is 10.2 Å². The highest BCUT2D eigenvalue weighted by atomic mass is 35.5. The molecule has 118 valence electrons. The number of benzene rings is 1. The fourth-order valence-corrected chi connectivity index (χ4v) is 3.01. The summed E-state index contributed by atoms with van der Waals surface area (Å²) in [5, 5.41) is 6.49. The van der Waals surface area contributed by atoms with E-state index in [0.29, 0.717) is 16.3 Å². The van der Waals surface area contributed by atoms with E-state index < -0.39 is 0 Å². The molecule has 22 heavy (non-hydrogen) atoms. The summed E-state index contributed by atoms with van der Waals surface area (Å²) in [4.78, 5) is 24.9. The van der Waals surface area contributed by atoms with Crippen molar-refractivity contribution in [2.75, 3.05) is 25.1 Å². The van der Waals surface area contributed by atoms with Crippen LogP contribution in [0.4, 0.5) is 5.69 Å². The average molecular weight is 324 g/mol. The van der Waals surface area contributed by atoms with Crippen LogP contribution in [0.5, 0.6) is 5.75 Å². The number of carbonyl (C=O) groups is 2. The van der Waals surface area contributed by atoms with Crippen LogP contribution in [0.3, 0.4) is 0 Å². The Kier molecular flexibility index (Phi) is 4.11. The van der Waals surface area contributed by atoms with E-state index in [1.165, 1.54) is 0 Å². The van der Waals surface area contributed by atoms with Crippen molar-refractivity contribution < 1.29 is 14.3 Å². The van der Waals surface area contributed by atoms with Gasteiger partial charge in [-0.3, -0.25) is 9.59 Å². The molecular formula is C15H18ClN3O3. The van der Waals surface area contributed by atoms with Gasteiger partial charge in [0.25, 0.3) is 5.91 Å². The zero-order chi connectivity index (χ0) is 15.7. The number of anilines is 1. The van der Waals surface area contributed by atoms with Crippen molar-refractivity contribution in [2.24, 2.45) is 0 Å². The molecular weight excluding hydrogens is 306 g/mol. The molecule has 7 heteroatoms. The first-order valence-electron chi connectivity index (χ1n) is 7.31. The van der Waals surface area contributed by atoms with Crippen molar-refractivity contribution in [1.29, 1.82) is 0 Å². The predicted molar refractivity (Wildman–Crippen MR) is 83.3 cm³/mol. The number of carbonyl (C=O) groups excluding carboxylic acids is 2. The first-order chi connectivity index (χ1) is 10.5. The molecule has 0 aromatic heterocycles. The highest BCUT2D eigenvalue weighted by Crippen LogP contribution is 2.33. The highest BCUT2D eigenvalue weighted by molar-refractivity contribution is 6.33. The topological polar surface area (TPSA) is 70.7 Å². The van der Waals surface area contributed by atoms with Gasteiger partial charge in [0.05, 0.1) is 16.3 Å². The molecule has 2 aliphatic heterocycles. The van der Waals surface area contributed by atoms with Gasteiger partial charge in [-0.25, -0.2) is 0 Å². The van der Waals surface area contributed by atoms with E-state index in [-0.39, 0.29) is 24.6 Å². The number of fused-ring (bicyclic) bond motifs is 1. The Morgan fingerprint density at radius 1 is 1.41 bits per heavy atom. The minimum absolute atomic E-state index is 0.115. The van der Waals surface area contributed by atoms with Gasteiger partial charge in [-0.05, 0) is 18.9 Å². The summed E-state index contributed by atoms with van der Waals surface area (Å²) >= 11 is 6.26. The van der Waals surface area contributed by atoms with Crippen LogP contribution >= 0.6 is 11.6 Å². The summed E-state index contributed by atoms with van der Waals surface area (Å²) in [5.41, 5.74) is 1.21. The normalized spacial score (nSPS) is 18.3. The Balaban J connectivity index is 1.71. The maximum absolute atomic E-state index is 11.7. The van der Waals surface area contributed by atoms with Gasteiger partial charge in [-0.15, -0.1) is 0 Å². The van der Waals surface area contributed by atoms with Crippen LogP contribution in [0.2, 0.25) is 5.02 Å². The molecule has 1 aromatic carbocycles. The van der Waals surface area contributed by atoms with E-state index in [1.54, 1.807) is 19.1 Å².